The van der Waals surface area contributed by atoms with Crippen LogP contribution in [0.4, 0.5) is 0 Å². The Morgan fingerprint density at radius 2 is 2.00 bits per heavy atom. The lowest BCUT2D eigenvalue weighted by Crippen LogP contribution is -2.53. The van der Waals surface area contributed by atoms with E-state index < -0.39 is 0 Å². The van der Waals surface area contributed by atoms with Crippen molar-refractivity contribution in [3.63, 3.8) is 0 Å². The van der Waals surface area contributed by atoms with Crippen LogP contribution in [0.5, 0.6) is 0 Å². The molecular formula is C20H32. The molecule has 20 heavy (non-hydrogen) atoms. The SMILES string of the molecule is CC(C)=CCC/C(C)=C/C1C2C=C(C)CCC2C1(C)C. The summed E-state index contributed by atoms with van der Waals surface area (Å²) < 4.78 is 0. The van der Waals surface area contributed by atoms with Crippen LogP contribution in [0.15, 0.2) is 34.9 Å². The number of rotatable bonds is 4. The van der Waals surface area contributed by atoms with E-state index in [1.807, 2.05) is 0 Å². The zero-order valence-electron chi connectivity index (χ0n) is 14.3. The Morgan fingerprint density at radius 3 is 2.65 bits per heavy atom. The van der Waals surface area contributed by atoms with Crippen molar-refractivity contribution >= 4 is 0 Å². The van der Waals surface area contributed by atoms with Gasteiger partial charge in [0, 0.05) is 0 Å². The summed E-state index contributed by atoms with van der Waals surface area (Å²) in [5.74, 6) is 2.49. The minimum atomic E-state index is 0.500. The van der Waals surface area contributed by atoms with Gasteiger partial charge in [0.05, 0.1) is 0 Å². The van der Waals surface area contributed by atoms with Gasteiger partial charge in [0.15, 0.2) is 0 Å². The van der Waals surface area contributed by atoms with Crippen molar-refractivity contribution in [2.75, 3.05) is 0 Å². The highest BCUT2D eigenvalue weighted by Crippen LogP contribution is 2.61. The van der Waals surface area contributed by atoms with Gasteiger partial charge in [0.2, 0.25) is 0 Å². The first-order valence-corrected chi connectivity index (χ1v) is 8.30. The maximum atomic E-state index is 2.59. The van der Waals surface area contributed by atoms with Crippen LogP contribution in [0.2, 0.25) is 0 Å². The van der Waals surface area contributed by atoms with E-state index in [1.54, 1.807) is 11.1 Å². The second kappa shape index (κ2) is 5.92. The van der Waals surface area contributed by atoms with Crippen LogP contribution >= 0.6 is 0 Å². The molecule has 2 aliphatic carbocycles. The predicted molar refractivity (Wildman–Crippen MR) is 89.7 cm³/mol. The molecule has 3 unspecified atom stereocenters. The third kappa shape index (κ3) is 3.10. The average molecular weight is 272 g/mol. The maximum absolute atomic E-state index is 2.59. The normalized spacial score (nSPS) is 32.0. The molecule has 0 heteroatoms. The van der Waals surface area contributed by atoms with E-state index in [0.717, 1.165) is 17.8 Å². The van der Waals surface area contributed by atoms with E-state index in [2.05, 4.69) is 59.8 Å². The summed E-state index contributed by atoms with van der Waals surface area (Å²) >= 11 is 0. The minimum Gasteiger partial charge on any atom is -0.0856 e. The molecule has 0 heterocycles. The van der Waals surface area contributed by atoms with Crippen LogP contribution in [0.3, 0.4) is 0 Å². The fourth-order valence-electron chi connectivity index (χ4n) is 4.25. The van der Waals surface area contributed by atoms with E-state index in [1.165, 1.54) is 31.3 Å². The Morgan fingerprint density at radius 1 is 1.30 bits per heavy atom. The van der Waals surface area contributed by atoms with Crippen molar-refractivity contribution in [1.29, 1.82) is 0 Å². The predicted octanol–water partition coefficient (Wildman–Crippen LogP) is 6.31. The summed E-state index contributed by atoms with van der Waals surface area (Å²) in [6, 6.07) is 0. The highest BCUT2D eigenvalue weighted by Gasteiger charge is 2.54. The van der Waals surface area contributed by atoms with Crippen LogP contribution < -0.4 is 0 Å². The molecule has 0 radical (unpaired) electrons. The standard InChI is InChI=1S/C20H32/c1-14(2)8-7-9-15(3)13-19-17-12-16(4)10-11-18(17)20(19,5)6/h8,12-13,17-19H,7,9-11H2,1-6H3/b15-13+. The second-order valence-electron chi connectivity index (χ2n) is 7.92. The summed E-state index contributed by atoms with van der Waals surface area (Å²) in [4.78, 5) is 0. The molecule has 2 aliphatic rings. The molecule has 0 aliphatic heterocycles. The molecule has 0 spiro atoms. The molecule has 0 amide bonds. The van der Waals surface area contributed by atoms with Crippen LogP contribution in [0.25, 0.3) is 0 Å². The molecule has 0 aromatic carbocycles. The molecule has 1 fully saturated rings. The molecule has 0 aromatic rings. The van der Waals surface area contributed by atoms with Crippen molar-refractivity contribution in [2.24, 2.45) is 23.2 Å². The molecular weight excluding hydrogens is 240 g/mol. The van der Waals surface area contributed by atoms with Gasteiger partial charge in [0.25, 0.3) is 0 Å². The van der Waals surface area contributed by atoms with E-state index in [0.29, 0.717) is 5.41 Å². The van der Waals surface area contributed by atoms with Crippen molar-refractivity contribution in [1.82, 2.24) is 0 Å². The largest absolute Gasteiger partial charge is 0.0856 e. The average Bonchev–Trinajstić information content (AvgIpc) is 2.35. The van der Waals surface area contributed by atoms with Gasteiger partial charge in [-0.25, -0.2) is 0 Å². The van der Waals surface area contributed by atoms with Crippen molar-refractivity contribution in [2.45, 2.75) is 67.2 Å². The first kappa shape index (κ1) is 15.6. The molecule has 2 rings (SSSR count). The zero-order chi connectivity index (χ0) is 14.9. The van der Waals surface area contributed by atoms with Gasteiger partial charge in [-0.1, -0.05) is 48.8 Å². The van der Waals surface area contributed by atoms with Gasteiger partial charge in [0.1, 0.15) is 0 Å². The monoisotopic (exact) mass is 272 g/mol. The van der Waals surface area contributed by atoms with Gasteiger partial charge in [-0.05, 0) is 76.5 Å². The third-order valence-corrected chi connectivity index (χ3v) is 5.58. The number of allylic oxidation sites excluding steroid dienone is 6. The van der Waals surface area contributed by atoms with Crippen molar-refractivity contribution in [3.8, 4) is 0 Å². The lowest BCUT2D eigenvalue weighted by molar-refractivity contribution is -0.0528. The van der Waals surface area contributed by atoms with Crippen LogP contribution in [0.1, 0.15) is 67.2 Å². The van der Waals surface area contributed by atoms with Gasteiger partial charge in [-0.15, -0.1) is 0 Å². The zero-order valence-corrected chi connectivity index (χ0v) is 14.3. The van der Waals surface area contributed by atoms with E-state index in [-0.39, 0.29) is 0 Å². The van der Waals surface area contributed by atoms with E-state index in [4.69, 9.17) is 0 Å². The Bertz CT molecular complexity index is 441. The first-order valence-electron chi connectivity index (χ1n) is 8.30. The summed E-state index contributed by atoms with van der Waals surface area (Å²) in [6.07, 6.45) is 12.7. The lowest BCUT2D eigenvalue weighted by Gasteiger charge is -2.59. The first-order chi connectivity index (χ1) is 9.32. The fraction of sp³-hybridized carbons (Fsp3) is 0.700. The van der Waals surface area contributed by atoms with Gasteiger partial charge < -0.3 is 0 Å². The highest BCUT2D eigenvalue weighted by molar-refractivity contribution is 5.24. The molecule has 112 valence electrons. The summed E-state index contributed by atoms with van der Waals surface area (Å²) in [5.41, 5.74) is 5.13. The topological polar surface area (TPSA) is 0 Å². The van der Waals surface area contributed by atoms with Crippen LogP contribution in [-0.2, 0) is 0 Å². The fourth-order valence-corrected chi connectivity index (χ4v) is 4.25. The van der Waals surface area contributed by atoms with E-state index in [9.17, 15) is 0 Å². The smallest absolute Gasteiger partial charge is 0.0111 e. The van der Waals surface area contributed by atoms with Crippen LogP contribution in [-0.4, -0.2) is 0 Å². The quantitative estimate of drug-likeness (QED) is 0.526. The molecule has 0 saturated heterocycles. The molecule has 0 aromatic heterocycles. The summed E-state index contributed by atoms with van der Waals surface area (Å²) in [5, 5.41) is 0. The molecule has 1 saturated carbocycles. The van der Waals surface area contributed by atoms with Gasteiger partial charge in [-0.2, -0.15) is 0 Å². The highest BCUT2D eigenvalue weighted by atomic mass is 14.6. The number of fused-ring (bicyclic) bond motifs is 1. The lowest BCUT2D eigenvalue weighted by atomic mass is 9.45. The third-order valence-electron chi connectivity index (χ3n) is 5.58. The Kier molecular flexibility index (Phi) is 4.62. The summed E-state index contributed by atoms with van der Waals surface area (Å²) in [6.45, 7) is 14.0. The Balaban J connectivity index is 2.04. The summed E-state index contributed by atoms with van der Waals surface area (Å²) in [7, 11) is 0. The number of hydrogen-bond donors (Lipinski definition) is 0. The van der Waals surface area contributed by atoms with E-state index >= 15 is 0 Å². The minimum absolute atomic E-state index is 0.500. The molecule has 0 N–H and O–H groups in total. The van der Waals surface area contributed by atoms with Crippen molar-refractivity contribution < 1.29 is 0 Å². The Hall–Kier alpha value is -0.780. The Labute approximate surface area is 126 Å². The molecule has 0 nitrogen and oxygen atoms in total. The van der Waals surface area contributed by atoms with Crippen molar-refractivity contribution in [3.05, 3.63) is 34.9 Å². The maximum Gasteiger partial charge on any atom is -0.0111 e. The second-order valence-corrected chi connectivity index (χ2v) is 7.92. The number of hydrogen-bond acceptors (Lipinski definition) is 0. The molecule has 3 atom stereocenters. The van der Waals surface area contributed by atoms with Gasteiger partial charge in [-0.3, -0.25) is 0 Å². The molecule has 0 bridgehead atoms. The van der Waals surface area contributed by atoms with Crippen LogP contribution in [0, 0.1) is 23.2 Å². The van der Waals surface area contributed by atoms with Gasteiger partial charge >= 0.3 is 0 Å².